The third kappa shape index (κ3) is 6.37. The highest BCUT2D eigenvalue weighted by Crippen LogP contribution is 2.37. The van der Waals surface area contributed by atoms with Crippen molar-refractivity contribution < 1.29 is 18.7 Å². The number of amides is 2. The summed E-state index contributed by atoms with van der Waals surface area (Å²) >= 11 is 0. The molecular formula is C28H33FN4O3. The zero-order valence-corrected chi connectivity index (χ0v) is 20.6. The number of nitrogens with zero attached hydrogens (tertiary/aromatic N) is 2. The van der Waals surface area contributed by atoms with Crippen LogP contribution < -0.4 is 5.32 Å². The molecule has 0 bridgehead atoms. The Hall–Kier alpha value is -3.52. The van der Waals surface area contributed by atoms with E-state index in [1.165, 1.54) is 12.1 Å². The maximum atomic E-state index is 13.6. The molecule has 8 heteroatoms. The van der Waals surface area contributed by atoms with Crippen LogP contribution in [0.3, 0.4) is 0 Å². The number of aryl methyl sites for hydroxylation is 1. The summed E-state index contributed by atoms with van der Waals surface area (Å²) in [6.07, 6.45) is 6.34. The summed E-state index contributed by atoms with van der Waals surface area (Å²) in [4.78, 5) is 35.2. The summed E-state index contributed by atoms with van der Waals surface area (Å²) in [5, 5.41) is 2.94. The molecule has 7 nitrogen and oxygen atoms in total. The lowest BCUT2D eigenvalue weighted by molar-refractivity contribution is -0.175. The number of aromatic amines is 1. The average molecular weight is 493 g/mol. The molecule has 1 aliphatic rings. The number of rotatable bonds is 12. The lowest BCUT2D eigenvalue weighted by Gasteiger charge is -2.51. The third-order valence-electron chi connectivity index (χ3n) is 6.51. The van der Waals surface area contributed by atoms with Crippen molar-refractivity contribution in [3.05, 3.63) is 89.8 Å². The van der Waals surface area contributed by atoms with Gasteiger partial charge in [0, 0.05) is 38.3 Å². The van der Waals surface area contributed by atoms with Crippen LogP contribution in [0.1, 0.15) is 43.1 Å². The molecule has 0 radical (unpaired) electrons. The number of carbonyl (C=O) groups excluding carboxylic acids is 2. The van der Waals surface area contributed by atoms with Crippen molar-refractivity contribution in [3.8, 4) is 0 Å². The molecule has 2 amide bonds. The van der Waals surface area contributed by atoms with E-state index in [4.69, 9.17) is 4.74 Å². The Balaban J connectivity index is 1.45. The van der Waals surface area contributed by atoms with Gasteiger partial charge in [0.2, 0.25) is 11.8 Å². The molecule has 190 valence electrons. The maximum Gasteiger partial charge on any atom is 0.245 e. The number of halogens is 1. The first kappa shape index (κ1) is 25.6. The molecule has 1 aliphatic heterocycles. The van der Waals surface area contributed by atoms with E-state index >= 15 is 0 Å². The zero-order chi connectivity index (χ0) is 25.4. The number of hydrogen-bond acceptors (Lipinski definition) is 4. The predicted molar refractivity (Wildman–Crippen MR) is 135 cm³/mol. The number of unbranched alkanes of at least 4 members (excludes halogenated alkanes) is 1. The monoisotopic (exact) mass is 492 g/mol. The minimum absolute atomic E-state index is 0.151. The second-order valence-electron chi connectivity index (χ2n) is 9.24. The highest BCUT2D eigenvalue weighted by Gasteiger charge is 2.49. The van der Waals surface area contributed by atoms with Gasteiger partial charge in [-0.15, -0.1) is 0 Å². The van der Waals surface area contributed by atoms with Gasteiger partial charge >= 0.3 is 0 Å². The van der Waals surface area contributed by atoms with Gasteiger partial charge in [-0.2, -0.15) is 0 Å². The second-order valence-corrected chi connectivity index (χ2v) is 9.24. The van der Waals surface area contributed by atoms with Crippen molar-refractivity contribution >= 4 is 11.8 Å². The number of hydrogen-bond donors (Lipinski definition) is 2. The molecule has 1 aromatic heterocycles. The quantitative estimate of drug-likeness (QED) is 0.377. The summed E-state index contributed by atoms with van der Waals surface area (Å²) in [6.45, 7) is 3.36. The molecule has 1 atom stereocenters. The first-order valence-corrected chi connectivity index (χ1v) is 12.5. The third-order valence-corrected chi connectivity index (χ3v) is 6.51. The Morgan fingerprint density at radius 2 is 1.92 bits per heavy atom. The van der Waals surface area contributed by atoms with E-state index in [2.05, 4.69) is 22.2 Å². The summed E-state index contributed by atoms with van der Waals surface area (Å²) in [5.41, 5.74) is 1.15. The summed E-state index contributed by atoms with van der Waals surface area (Å²) in [6, 6.07) is 15.2. The van der Waals surface area contributed by atoms with Crippen LogP contribution in [0.5, 0.6) is 0 Å². The highest BCUT2D eigenvalue weighted by molar-refractivity contribution is 5.88. The van der Waals surface area contributed by atoms with Gasteiger partial charge in [0.15, 0.2) is 0 Å². The Morgan fingerprint density at radius 3 is 2.58 bits per heavy atom. The van der Waals surface area contributed by atoms with Crippen LogP contribution in [0.2, 0.25) is 0 Å². The van der Waals surface area contributed by atoms with Crippen molar-refractivity contribution in [2.45, 2.75) is 50.7 Å². The molecule has 1 unspecified atom stereocenters. The van der Waals surface area contributed by atoms with Gasteiger partial charge in [-0.3, -0.25) is 9.59 Å². The molecule has 2 heterocycles. The average Bonchev–Trinajstić information content (AvgIpc) is 3.39. The van der Waals surface area contributed by atoms with Gasteiger partial charge < -0.3 is 19.9 Å². The number of carbonyl (C=O) groups is 2. The maximum absolute atomic E-state index is 13.6. The number of imidazole rings is 1. The lowest BCUT2D eigenvalue weighted by atomic mass is 9.84. The fourth-order valence-corrected chi connectivity index (χ4v) is 4.45. The molecule has 0 saturated carbocycles. The van der Waals surface area contributed by atoms with Gasteiger partial charge in [-0.25, -0.2) is 9.37 Å². The minimum Gasteiger partial charge on any atom is -0.367 e. The molecule has 2 aromatic carbocycles. The number of benzene rings is 2. The SMILES string of the molecule is CCCCOC1(c2ccc(F)cc2)CN(C(=O)C(Cc2ccccc2)NC(=O)CCc2ncc[nH]2)C1. The van der Waals surface area contributed by atoms with Crippen LogP contribution in [0.15, 0.2) is 67.0 Å². The molecule has 1 fully saturated rings. The number of likely N-dealkylation sites (tertiary alicyclic amines) is 1. The topological polar surface area (TPSA) is 87.3 Å². The summed E-state index contributed by atoms with van der Waals surface area (Å²) < 4.78 is 19.8. The van der Waals surface area contributed by atoms with Crippen LogP contribution in [-0.4, -0.2) is 52.4 Å². The van der Waals surface area contributed by atoms with Crippen LogP contribution >= 0.6 is 0 Å². The van der Waals surface area contributed by atoms with Crippen molar-refractivity contribution in [1.82, 2.24) is 20.2 Å². The summed E-state index contributed by atoms with van der Waals surface area (Å²) in [7, 11) is 0. The molecule has 4 rings (SSSR count). The predicted octanol–water partition coefficient (Wildman–Crippen LogP) is 3.76. The van der Waals surface area contributed by atoms with Crippen LogP contribution in [0.4, 0.5) is 4.39 Å². The van der Waals surface area contributed by atoms with E-state index in [9.17, 15) is 14.0 Å². The molecule has 2 N–H and O–H groups in total. The summed E-state index contributed by atoms with van der Waals surface area (Å²) in [5.74, 6) is 0.0641. The van der Waals surface area contributed by atoms with Crippen molar-refractivity contribution in [2.75, 3.05) is 19.7 Å². The van der Waals surface area contributed by atoms with E-state index in [-0.39, 0.29) is 24.1 Å². The van der Waals surface area contributed by atoms with Gasteiger partial charge in [0.1, 0.15) is 23.3 Å². The first-order valence-electron chi connectivity index (χ1n) is 12.5. The fourth-order valence-electron chi connectivity index (χ4n) is 4.45. The smallest absolute Gasteiger partial charge is 0.245 e. The first-order chi connectivity index (χ1) is 17.5. The minimum atomic E-state index is -0.696. The van der Waals surface area contributed by atoms with Crippen LogP contribution in [0, 0.1) is 5.82 Å². The van der Waals surface area contributed by atoms with Crippen LogP contribution in [-0.2, 0) is 32.8 Å². The van der Waals surface area contributed by atoms with Crippen LogP contribution in [0.25, 0.3) is 0 Å². The standard InChI is InChI=1S/C28H33FN4O3/c1-2-3-17-36-28(22-9-11-23(29)12-10-22)19-33(20-28)27(35)24(18-21-7-5-4-6-8-21)32-26(34)14-13-25-30-15-16-31-25/h4-12,15-16,24H,2-3,13-14,17-20H2,1H3,(H,30,31)(H,32,34). The van der Waals surface area contributed by atoms with Crippen molar-refractivity contribution in [1.29, 1.82) is 0 Å². The molecule has 0 aliphatic carbocycles. The molecule has 3 aromatic rings. The van der Waals surface area contributed by atoms with Crippen molar-refractivity contribution in [3.63, 3.8) is 0 Å². The van der Waals surface area contributed by atoms with Gasteiger partial charge in [0.25, 0.3) is 0 Å². The number of H-pyrrole nitrogens is 1. The fraction of sp³-hybridized carbons (Fsp3) is 0.393. The number of nitrogens with one attached hydrogen (secondary N) is 2. The van der Waals surface area contributed by atoms with E-state index < -0.39 is 11.6 Å². The highest BCUT2D eigenvalue weighted by atomic mass is 19.1. The Bertz CT molecular complexity index is 1110. The molecular weight excluding hydrogens is 459 g/mol. The van der Waals surface area contributed by atoms with Gasteiger partial charge in [-0.1, -0.05) is 55.8 Å². The molecule has 1 saturated heterocycles. The largest absolute Gasteiger partial charge is 0.367 e. The number of aromatic nitrogens is 2. The van der Waals surface area contributed by atoms with E-state index in [0.717, 1.165) is 29.8 Å². The van der Waals surface area contributed by atoms with E-state index in [1.54, 1.807) is 29.4 Å². The Labute approximate surface area is 211 Å². The van der Waals surface area contributed by atoms with E-state index in [1.807, 2.05) is 30.3 Å². The molecule has 36 heavy (non-hydrogen) atoms. The van der Waals surface area contributed by atoms with E-state index in [0.29, 0.717) is 32.5 Å². The van der Waals surface area contributed by atoms with Crippen molar-refractivity contribution in [2.24, 2.45) is 0 Å². The molecule has 0 spiro atoms. The second kappa shape index (κ2) is 11.9. The lowest BCUT2D eigenvalue weighted by Crippen LogP contribution is -2.66. The van der Waals surface area contributed by atoms with Gasteiger partial charge in [-0.05, 0) is 29.7 Å². The number of ether oxygens (including phenoxy) is 1. The Kier molecular flexibility index (Phi) is 8.48. The van der Waals surface area contributed by atoms with Gasteiger partial charge in [0.05, 0.1) is 13.1 Å². The normalized spacial score (nSPS) is 15.2. The Morgan fingerprint density at radius 1 is 1.17 bits per heavy atom. The zero-order valence-electron chi connectivity index (χ0n) is 20.6.